The number of nitrogens with two attached hydrogens (primary N) is 1. The second-order valence-corrected chi connectivity index (χ2v) is 6.44. The van der Waals surface area contributed by atoms with Crippen molar-refractivity contribution >= 4 is 43.5 Å². The van der Waals surface area contributed by atoms with E-state index >= 15 is 0 Å². The number of hydrogen-bond acceptors (Lipinski definition) is 2. The smallest absolute Gasteiger partial charge is 0.133 e. The average Bonchev–Trinajstić information content (AvgIpc) is 2.40. The fraction of sp³-hybridized carbons (Fsp3) is 0.200. The molecule has 0 aromatic heterocycles. The van der Waals surface area contributed by atoms with E-state index in [2.05, 4.69) is 31.9 Å². The van der Waals surface area contributed by atoms with E-state index in [1.807, 2.05) is 43.3 Å². The molecule has 0 aliphatic rings. The highest BCUT2D eigenvalue weighted by atomic mass is 79.9. The monoisotopic (exact) mass is 417 g/mol. The fourth-order valence-electron chi connectivity index (χ4n) is 1.92. The van der Waals surface area contributed by atoms with Gasteiger partial charge in [0.2, 0.25) is 0 Å². The Morgan fingerprint density at radius 1 is 1.20 bits per heavy atom. The average molecular weight is 420 g/mol. The summed E-state index contributed by atoms with van der Waals surface area (Å²) in [6, 6.07) is 11.3. The lowest BCUT2D eigenvalue weighted by molar-refractivity contribution is 0.338. The van der Waals surface area contributed by atoms with Gasteiger partial charge in [0.25, 0.3) is 0 Å². The molecule has 0 bridgehead atoms. The Balaban J connectivity index is 2.33. The first-order valence-corrected chi connectivity index (χ1v) is 8.12. The van der Waals surface area contributed by atoms with Crippen LogP contribution in [-0.2, 0) is 0 Å². The topological polar surface area (TPSA) is 35.2 Å². The normalized spacial score (nSPS) is 12.2. The minimum Gasteiger partial charge on any atom is -0.493 e. The Morgan fingerprint density at radius 3 is 2.55 bits per heavy atom. The molecule has 0 aliphatic heterocycles. The van der Waals surface area contributed by atoms with Crippen molar-refractivity contribution in [2.24, 2.45) is 5.73 Å². The van der Waals surface area contributed by atoms with Crippen LogP contribution in [0.1, 0.15) is 24.1 Å². The van der Waals surface area contributed by atoms with Gasteiger partial charge in [-0.3, -0.25) is 0 Å². The van der Waals surface area contributed by atoms with Gasteiger partial charge in [0.05, 0.1) is 17.1 Å². The molecule has 1 atom stereocenters. The van der Waals surface area contributed by atoms with Crippen LogP contribution in [0.2, 0.25) is 5.02 Å². The van der Waals surface area contributed by atoms with E-state index in [4.69, 9.17) is 22.1 Å². The summed E-state index contributed by atoms with van der Waals surface area (Å²) in [7, 11) is 0. The van der Waals surface area contributed by atoms with Crippen LogP contribution in [0, 0.1) is 0 Å². The van der Waals surface area contributed by atoms with Crippen molar-refractivity contribution in [3.8, 4) is 5.75 Å². The molecule has 0 amide bonds. The number of rotatable bonds is 4. The Bertz CT molecular complexity index is 619. The molecule has 20 heavy (non-hydrogen) atoms. The molecule has 2 aromatic rings. The molecule has 2 aromatic carbocycles. The van der Waals surface area contributed by atoms with Crippen molar-refractivity contribution in [2.75, 3.05) is 6.61 Å². The summed E-state index contributed by atoms with van der Waals surface area (Å²) in [6.45, 7) is 2.58. The molecule has 106 valence electrons. The third-order valence-electron chi connectivity index (χ3n) is 2.91. The maximum Gasteiger partial charge on any atom is 0.133 e. The highest BCUT2D eigenvalue weighted by Crippen LogP contribution is 2.33. The van der Waals surface area contributed by atoms with Gasteiger partial charge < -0.3 is 10.5 Å². The SMILES string of the molecule is CCOc1ccc(C(N)c2ccc(Br)cc2Cl)cc1Br. The molecule has 2 N–H and O–H groups in total. The molecule has 0 heterocycles. The van der Waals surface area contributed by atoms with E-state index in [9.17, 15) is 0 Å². The molecule has 0 fully saturated rings. The Hall–Kier alpha value is -0.550. The molecular formula is C15H14Br2ClNO. The first kappa shape index (κ1) is 15.8. The maximum absolute atomic E-state index is 6.30. The molecular weight excluding hydrogens is 405 g/mol. The van der Waals surface area contributed by atoms with E-state index in [1.54, 1.807) is 0 Å². The predicted molar refractivity (Wildman–Crippen MR) is 90.5 cm³/mol. The molecule has 2 nitrogen and oxygen atoms in total. The predicted octanol–water partition coefficient (Wildman–Crippen LogP) is 5.31. The first-order chi connectivity index (χ1) is 9.52. The van der Waals surface area contributed by atoms with Crippen molar-refractivity contribution < 1.29 is 4.74 Å². The third kappa shape index (κ3) is 3.55. The number of benzene rings is 2. The zero-order valence-electron chi connectivity index (χ0n) is 10.9. The van der Waals surface area contributed by atoms with Gasteiger partial charge in [-0.05, 0) is 58.2 Å². The molecule has 0 aliphatic carbocycles. The van der Waals surface area contributed by atoms with E-state index in [1.165, 1.54) is 0 Å². The quantitative estimate of drug-likeness (QED) is 0.729. The Kier molecular flexibility index (Phi) is 5.49. The summed E-state index contributed by atoms with van der Waals surface area (Å²) in [5, 5.41) is 0.650. The van der Waals surface area contributed by atoms with Crippen molar-refractivity contribution in [3.05, 3.63) is 61.5 Å². The van der Waals surface area contributed by atoms with Gasteiger partial charge in [0, 0.05) is 9.50 Å². The summed E-state index contributed by atoms with van der Waals surface area (Å²) < 4.78 is 7.32. The molecule has 0 spiro atoms. The van der Waals surface area contributed by atoms with E-state index < -0.39 is 0 Å². The maximum atomic E-state index is 6.30. The largest absolute Gasteiger partial charge is 0.493 e. The molecule has 5 heteroatoms. The second kappa shape index (κ2) is 6.94. The van der Waals surface area contributed by atoms with Gasteiger partial charge >= 0.3 is 0 Å². The fourth-order valence-corrected chi connectivity index (χ4v) is 3.22. The highest BCUT2D eigenvalue weighted by Gasteiger charge is 2.14. The van der Waals surface area contributed by atoms with Crippen molar-refractivity contribution in [3.63, 3.8) is 0 Å². The lowest BCUT2D eigenvalue weighted by atomic mass is 9.99. The summed E-state index contributed by atoms with van der Waals surface area (Å²) in [5.41, 5.74) is 8.17. The van der Waals surface area contributed by atoms with Crippen LogP contribution in [0.15, 0.2) is 45.3 Å². The van der Waals surface area contributed by atoms with Crippen LogP contribution < -0.4 is 10.5 Å². The van der Waals surface area contributed by atoms with E-state index in [-0.39, 0.29) is 6.04 Å². The van der Waals surface area contributed by atoms with Gasteiger partial charge in [-0.1, -0.05) is 39.7 Å². The first-order valence-electron chi connectivity index (χ1n) is 6.15. The molecule has 0 radical (unpaired) electrons. The van der Waals surface area contributed by atoms with Crippen LogP contribution in [0.3, 0.4) is 0 Å². The molecule has 0 saturated carbocycles. The van der Waals surface area contributed by atoms with Crippen LogP contribution in [-0.4, -0.2) is 6.61 Å². The number of halogens is 3. The summed E-state index contributed by atoms with van der Waals surface area (Å²) in [5.74, 6) is 0.811. The standard InChI is InChI=1S/C15H14Br2ClNO/c1-2-20-14-6-3-9(7-12(14)17)15(19)11-5-4-10(16)8-13(11)18/h3-8,15H,2,19H2,1H3. The van der Waals surface area contributed by atoms with Crippen LogP contribution in [0.5, 0.6) is 5.75 Å². The van der Waals surface area contributed by atoms with E-state index in [0.717, 1.165) is 25.8 Å². The lowest BCUT2D eigenvalue weighted by Gasteiger charge is -2.16. The van der Waals surface area contributed by atoms with Gasteiger partial charge in [-0.15, -0.1) is 0 Å². The Morgan fingerprint density at radius 2 is 1.95 bits per heavy atom. The minimum absolute atomic E-state index is 0.275. The zero-order valence-corrected chi connectivity index (χ0v) is 14.8. The van der Waals surface area contributed by atoms with Gasteiger partial charge in [0.1, 0.15) is 5.75 Å². The molecule has 0 saturated heterocycles. The third-order valence-corrected chi connectivity index (χ3v) is 4.35. The van der Waals surface area contributed by atoms with Gasteiger partial charge in [-0.2, -0.15) is 0 Å². The van der Waals surface area contributed by atoms with Gasteiger partial charge in [0.15, 0.2) is 0 Å². The molecule has 1 unspecified atom stereocenters. The van der Waals surface area contributed by atoms with Crippen molar-refractivity contribution in [1.82, 2.24) is 0 Å². The number of hydrogen-bond donors (Lipinski definition) is 1. The second-order valence-electron chi connectivity index (χ2n) is 4.27. The van der Waals surface area contributed by atoms with E-state index in [0.29, 0.717) is 11.6 Å². The minimum atomic E-state index is -0.275. The molecule has 2 rings (SSSR count). The van der Waals surface area contributed by atoms with Crippen LogP contribution in [0.4, 0.5) is 0 Å². The Labute approximate surface area is 140 Å². The summed E-state index contributed by atoms with van der Waals surface area (Å²) in [6.07, 6.45) is 0. The van der Waals surface area contributed by atoms with Crippen LogP contribution in [0.25, 0.3) is 0 Å². The van der Waals surface area contributed by atoms with Crippen LogP contribution >= 0.6 is 43.5 Å². The number of ether oxygens (including phenoxy) is 1. The van der Waals surface area contributed by atoms with Crippen molar-refractivity contribution in [1.29, 1.82) is 0 Å². The zero-order chi connectivity index (χ0) is 14.7. The lowest BCUT2D eigenvalue weighted by Crippen LogP contribution is -2.12. The summed E-state index contributed by atoms with van der Waals surface area (Å²) in [4.78, 5) is 0. The van der Waals surface area contributed by atoms with Crippen molar-refractivity contribution in [2.45, 2.75) is 13.0 Å². The summed E-state index contributed by atoms with van der Waals surface area (Å²) >= 11 is 13.1. The highest BCUT2D eigenvalue weighted by molar-refractivity contribution is 9.10. The van der Waals surface area contributed by atoms with Gasteiger partial charge in [-0.25, -0.2) is 0 Å².